The van der Waals surface area contributed by atoms with Crippen LogP contribution < -0.4 is 0 Å². The summed E-state index contributed by atoms with van der Waals surface area (Å²) in [7, 11) is 0. The molecule has 1 rings (SSSR count). The first-order valence-corrected chi connectivity index (χ1v) is 8.26. The van der Waals surface area contributed by atoms with Crippen molar-refractivity contribution in [2.24, 2.45) is 0 Å². The molecule has 0 radical (unpaired) electrons. The number of rotatable bonds is 4. The second-order valence-corrected chi connectivity index (χ2v) is 6.18. The summed E-state index contributed by atoms with van der Waals surface area (Å²) in [4.78, 5) is 0. The molecule has 0 aliphatic carbocycles. The Kier molecular flexibility index (Phi) is 5.01. The van der Waals surface area contributed by atoms with Crippen LogP contribution >= 0.6 is 35.7 Å². The Balaban J connectivity index is 3.58. The molecule has 0 atom stereocenters. The SMILES string of the molecule is CSc1c(SC)n(C(C)C)c(=S)n1C(C)C. The third kappa shape index (κ3) is 2.36. The third-order valence-electron chi connectivity index (χ3n) is 2.45. The standard InChI is InChI=1S/C11H20N2S3/c1-7(2)12-9(15-5)10(16-6)13(8(3)4)11(12)14/h7-8H,1-6H3. The quantitative estimate of drug-likeness (QED) is 0.587. The van der Waals surface area contributed by atoms with Gasteiger partial charge in [0, 0.05) is 12.1 Å². The largest absolute Gasteiger partial charge is 0.308 e. The maximum atomic E-state index is 5.58. The van der Waals surface area contributed by atoms with E-state index in [2.05, 4.69) is 49.3 Å². The molecular formula is C11H20N2S3. The topological polar surface area (TPSA) is 9.86 Å². The Hall–Kier alpha value is 0.130. The Morgan fingerprint density at radius 2 is 1.19 bits per heavy atom. The van der Waals surface area contributed by atoms with Crippen molar-refractivity contribution >= 4 is 35.7 Å². The zero-order valence-electron chi connectivity index (χ0n) is 10.8. The maximum absolute atomic E-state index is 5.58. The van der Waals surface area contributed by atoms with Gasteiger partial charge in [-0.3, -0.25) is 0 Å². The van der Waals surface area contributed by atoms with Crippen LogP contribution in [0.2, 0.25) is 0 Å². The van der Waals surface area contributed by atoms with Gasteiger partial charge in [0.1, 0.15) is 10.1 Å². The normalized spacial score (nSPS) is 11.8. The van der Waals surface area contributed by atoms with Crippen molar-refractivity contribution in [3.63, 3.8) is 0 Å². The molecule has 0 saturated heterocycles. The van der Waals surface area contributed by atoms with E-state index in [4.69, 9.17) is 12.2 Å². The molecule has 1 heterocycles. The molecule has 5 heteroatoms. The molecule has 0 amide bonds. The second-order valence-electron chi connectivity index (χ2n) is 4.23. The highest BCUT2D eigenvalue weighted by Crippen LogP contribution is 2.34. The molecule has 0 fully saturated rings. The van der Waals surface area contributed by atoms with Gasteiger partial charge in [0.25, 0.3) is 0 Å². The van der Waals surface area contributed by atoms with Crippen LogP contribution in [0.1, 0.15) is 39.8 Å². The lowest BCUT2D eigenvalue weighted by atomic mass is 10.4. The summed E-state index contributed by atoms with van der Waals surface area (Å²) in [6.45, 7) is 8.74. The van der Waals surface area contributed by atoms with Gasteiger partial charge >= 0.3 is 0 Å². The van der Waals surface area contributed by atoms with Gasteiger partial charge in [0.05, 0.1) is 0 Å². The summed E-state index contributed by atoms with van der Waals surface area (Å²) in [5, 5.41) is 2.59. The van der Waals surface area contributed by atoms with E-state index in [9.17, 15) is 0 Å². The second kappa shape index (κ2) is 5.65. The van der Waals surface area contributed by atoms with Crippen LogP contribution in [0.5, 0.6) is 0 Å². The Labute approximate surface area is 112 Å². The number of aromatic nitrogens is 2. The minimum absolute atomic E-state index is 0.417. The van der Waals surface area contributed by atoms with Gasteiger partial charge in [-0.25, -0.2) is 0 Å². The van der Waals surface area contributed by atoms with Gasteiger partial charge in [-0.1, -0.05) is 0 Å². The van der Waals surface area contributed by atoms with Gasteiger partial charge in [-0.15, -0.1) is 23.5 Å². The Bertz CT molecular complexity index is 379. The van der Waals surface area contributed by atoms with Crippen LogP contribution in [0.15, 0.2) is 10.1 Å². The molecule has 0 aliphatic heterocycles. The summed E-state index contributed by atoms with van der Waals surface area (Å²) in [6.07, 6.45) is 4.24. The minimum atomic E-state index is 0.417. The summed E-state index contributed by atoms with van der Waals surface area (Å²) in [5.74, 6) is 0. The third-order valence-corrected chi connectivity index (χ3v) is 4.53. The van der Waals surface area contributed by atoms with Gasteiger partial charge in [-0.2, -0.15) is 0 Å². The summed E-state index contributed by atoms with van der Waals surface area (Å²) < 4.78 is 5.45. The predicted molar refractivity (Wildman–Crippen MR) is 77.6 cm³/mol. The molecule has 0 aromatic carbocycles. The Morgan fingerprint density at radius 1 is 0.875 bits per heavy atom. The smallest absolute Gasteiger partial charge is 0.182 e. The molecule has 0 unspecified atom stereocenters. The number of hydrogen-bond donors (Lipinski definition) is 0. The van der Waals surface area contributed by atoms with E-state index in [-0.39, 0.29) is 0 Å². The van der Waals surface area contributed by atoms with Crippen LogP contribution in [-0.4, -0.2) is 21.6 Å². The highest BCUT2D eigenvalue weighted by Gasteiger charge is 2.19. The van der Waals surface area contributed by atoms with E-state index < -0.39 is 0 Å². The molecular weight excluding hydrogens is 256 g/mol. The fraction of sp³-hybridized carbons (Fsp3) is 0.727. The zero-order chi connectivity index (χ0) is 12.5. The Morgan fingerprint density at radius 3 is 1.38 bits per heavy atom. The van der Waals surface area contributed by atoms with Crippen LogP contribution in [0.3, 0.4) is 0 Å². The van der Waals surface area contributed by atoms with E-state index >= 15 is 0 Å². The summed E-state index contributed by atoms with van der Waals surface area (Å²) in [5.41, 5.74) is 0. The molecule has 0 N–H and O–H groups in total. The van der Waals surface area contributed by atoms with Crippen molar-refractivity contribution < 1.29 is 0 Å². The molecule has 1 aromatic heterocycles. The maximum Gasteiger partial charge on any atom is 0.182 e. The van der Waals surface area contributed by atoms with E-state index in [1.807, 2.05) is 0 Å². The fourth-order valence-corrected chi connectivity index (χ4v) is 4.53. The van der Waals surface area contributed by atoms with Gasteiger partial charge in [-0.05, 0) is 52.4 Å². The van der Waals surface area contributed by atoms with Crippen LogP contribution in [-0.2, 0) is 0 Å². The van der Waals surface area contributed by atoms with Crippen molar-refractivity contribution in [1.82, 2.24) is 9.13 Å². The van der Waals surface area contributed by atoms with Crippen molar-refractivity contribution in [2.75, 3.05) is 12.5 Å². The van der Waals surface area contributed by atoms with Crippen molar-refractivity contribution in [2.45, 2.75) is 49.8 Å². The number of nitrogens with zero attached hydrogens (tertiary/aromatic N) is 2. The molecule has 1 aromatic rings. The molecule has 0 bridgehead atoms. The molecule has 2 nitrogen and oxygen atoms in total. The molecule has 0 saturated carbocycles. The van der Waals surface area contributed by atoms with Crippen LogP contribution in [0, 0.1) is 4.77 Å². The van der Waals surface area contributed by atoms with Crippen molar-refractivity contribution in [3.05, 3.63) is 4.77 Å². The van der Waals surface area contributed by atoms with Crippen LogP contribution in [0.25, 0.3) is 0 Å². The minimum Gasteiger partial charge on any atom is -0.308 e. The number of imidazole rings is 1. The lowest BCUT2D eigenvalue weighted by Gasteiger charge is -2.10. The highest BCUT2D eigenvalue weighted by molar-refractivity contribution is 8.01. The average molecular weight is 276 g/mol. The first-order chi connectivity index (χ1) is 7.45. The molecule has 0 aliphatic rings. The number of thioether (sulfide) groups is 2. The van der Waals surface area contributed by atoms with Gasteiger partial charge < -0.3 is 9.13 Å². The fourth-order valence-electron chi connectivity index (χ4n) is 1.78. The van der Waals surface area contributed by atoms with Crippen molar-refractivity contribution in [1.29, 1.82) is 0 Å². The predicted octanol–water partition coefficient (Wildman–Crippen LogP) is 4.62. The zero-order valence-corrected chi connectivity index (χ0v) is 13.2. The number of hydrogen-bond acceptors (Lipinski definition) is 3. The monoisotopic (exact) mass is 276 g/mol. The molecule has 16 heavy (non-hydrogen) atoms. The van der Waals surface area contributed by atoms with E-state index in [1.165, 1.54) is 10.1 Å². The first-order valence-electron chi connectivity index (χ1n) is 5.40. The lowest BCUT2D eigenvalue weighted by Crippen LogP contribution is -2.05. The first kappa shape index (κ1) is 14.2. The molecule has 0 spiro atoms. The van der Waals surface area contributed by atoms with Gasteiger partial charge in [0.2, 0.25) is 0 Å². The molecule has 92 valence electrons. The van der Waals surface area contributed by atoms with E-state index in [0.717, 1.165) is 4.77 Å². The van der Waals surface area contributed by atoms with E-state index in [0.29, 0.717) is 12.1 Å². The lowest BCUT2D eigenvalue weighted by molar-refractivity contribution is 0.519. The van der Waals surface area contributed by atoms with E-state index in [1.54, 1.807) is 23.5 Å². The van der Waals surface area contributed by atoms with Gasteiger partial charge in [0.15, 0.2) is 4.77 Å². The average Bonchev–Trinajstić information content (AvgIpc) is 2.49. The van der Waals surface area contributed by atoms with Crippen molar-refractivity contribution in [3.8, 4) is 0 Å². The summed E-state index contributed by atoms with van der Waals surface area (Å²) >= 11 is 9.15. The highest BCUT2D eigenvalue weighted by atomic mass is 32.2. The summed E-state index contributed by atoms with van der Waals surface area (Å²) in [6, 6.07) is 0.835. The van der Waals surface area contributed by atoms with Crippen LogP contribution in [0.4, 0.5) is 0 Å².